The van der Waals surface area contributed by atoms with E-state index in [-0.39, 0.29) is 5.75 Å². The maximum Gasteiger partial charge on any atom is 0.408 e. The van der Waals surface area contributed by atoms with Crippen LogP contribution in [0.25, 0.3) is 33.5 Å². The normalized spacial score (nSPS) is 14.8. The number of carbonyl (C=O) groups excluding carboxylic acids is 1. The molecule has 0 saturated heterocycles. The number of hydrogen-bond donors (Lipinski definition) is 2. The van der Waals surface area contributed by atoms with Gasteiger partial charge in [0, 0.05) is 11.1 Å². The number of hydrogen-bond acceptors (Lipinski definition) is 5. The number of alkyl carbamates (subject to hydrolysis) is 1. The number of aromatic nitrogens is 2. The summed E-state index contributed by atoms with van der Waals surface area (Å²) in [5.41, 5.74) is 4.47. The quantitative estimate of drug-likeness (QED) is 0.354. The molecule has 6 heteroatoms. The zero-order valence-electron chi connectivity index (χ0n) is 20.2. The lowest BCUT2D eigenvalue weighted by Crippen LogP contribution is -2.52. The smallest absolute Gasteiger partial charge is 0.408 e. The van der Waals surface area contributed by atoms with Gasteiger partial charge in [-0.2, -0.15) is 0 Å². The molecule has 6 nitrogen and oxygen atoms in total. The van der Waals surface area contributed by atoms with E-state index >= 15 is 0 Å². The van der Waals surface area contributed by atoms with Crippen LogP contribution in [0.5, 0.6) is 5.75 Å². The predicted molar refractivity (Wildman–Crippen MR) is 137 cm³/mol. The van der Waals surface area contributed by atoms with Gasteiger partial charge in [0.2, 0.25) is 0 Å². The highest BCUT2D eigenvalue weighted by atomic mass is 16.6. The molecule has 3 aromatic carbocycles. The van der Waals surface area contributed by atoms with Crippen molar-refractivity contribution in [1.82, 2.24) is 15.3 Å². The number of nitrogens with one attached hydrogen (secondary N) is 1. The first-order valence-corrected chi connectivity index (χ1v) is 11.9. The molecule has 4 aromatic rings. The van der Waals surface area contributed by atoms with Crippen LogP contribution in [0.2, 0.25) is 0 Å². The number of nitrogens with zero attached hydrogens (tertiary/aromatic N) is 2. The SMILES string of the molecule is CC(C)(C)OC(=O)NC1(c2ccc(-c3nc4cccc(O)c4nc3-c3ccccc3)cc2)CCC1. The molecule has 0 atom stereocenters. The highest BCUT2D eigenvalue weighted by Crippen LogP contribution is 2.42. The Morgan fingerprint density at radius 2 is 1.54 bits per heavy atom. The lowest BCUT2D eigenvalue weighted by Gasteiger charge is -2.43. The molecule has 1 aromatic heterocycles. The van der Waals surface area contributed by atoms with Gasteiger partial charge < -0.3 is 15.2 Å². The number of phenolic OH excluding ortho intramolecular Hbond substituents is 1. The highest BCUT2D eigenvalue weighted by Gasteiger charge is 2.41. The lowest BCUT2D eigenvalue weighted by atomic mass is 9.71. The van der Waals surface area contributed by atoms with Crippen LogP contribution in [0.3, 0.4) is 0 Å². The van der Waals surface area contributed by atoms with E-state index in [0.29, 0.717) is 16.7 Å². The summed E-state index contributed by atoms with van der Waals surface area (Å²) in [7, 11) is 0. The molecular formula is C29H29N3O3. The fraction of sp³-hybridized carbons (Fsp3) is 0.276. The third kappa shape index (κ3) is 4.56. The van der Waals surface area contributed by atoms with E-state index in [1.807, 2.05) is 69.3 Å². The van der Waals surface area contributed by atoms with Crippen molar-refractivity contribution in [1.29, 1.82) is 0 Å². The second-order valence-electron chi connectivity index (χ2n) is 10.1. The molecule has 1 saturated carbocycles. The van der Waals surface area contributed by atoms with Crippen LogP contribution in [0, 0.1) is 0 Å². The summed E-state index contributed by atoms with van der Waals surface area (Å²) in [6, 6.07) is 23.2. The molecule has 1 aliphatic carbocycles. The van der Waals surface area contributed by atoms with Crippen molar-refractivity contribution in [2.75, 3.05) is 0 Å². The Kier molecular flexibility index (Phi) is 5.67. The summed E-state index contributed by atoms with van der Waals surface area (Å²) in [6.07, 6.45) is 2.40. The van der Waals surface area contributed by atoms with Crippen LogP contribution in [-0.4, -0.2) is 26.8 Å². The first-order chi connectivity index (χ1) is 16.7. The average Bonchev–Trinajstić information content (AvgIpc) is 2.81. The fourth-order valence-corrected chi connectivity index (χ4v) is 4.52. The number of amides is 1. The van der Waals surface area contributed by atoms with Gasteiger partial charge in [-0.25, -0.2) is 14.8 Å². The van der Waals surface area contributed by atoms with Gasteiger partial charge in [-0.15, -0.1) is 0 Å². The van der Waals surface area contributed by atoms with Gasteiger partial charge in [-0.05, 0) is 57.7 Å². The number of aromatic hydroxyl groups is 1. The topological polar surface area (TPSA) is 84.3 Å². The monoisotopic (exact) mass is 467 g/mol. The summed E-state index contributed by atoms with van der Waals surface area (Å²) in [6.45, 7) is 5.59. The van der Waals surface area contributed by atoms with Crippen molar-refractivity contribution in [2.24, 2.45) is 0 Å². The maximum atomic E-state index is 12.5. The van der Waals surface area contributed by atoms with E-state index in [9.17, 15) is 9.90 Å². The maximum absolute atomic E-state index is 12.5. The Labute approximate surface area is 205 Å². The molecule has 5 rings (SSSR count). The third-order valence-corrected chi connectivity index (χ3v) is 6.38. The van der Waals surface area contributed by atoms with Gasteiger partial charge in [0.05, 0.1) is 22.4 Å². The van der Waals surface area contributed by atoms with Crippen molar-refractivity contribution < 1.29 is 14.6 Å². The van der Waals surface area contributed by atoms with Gasteiger partial charge in [0.25, 0.3) is 0 Å². The van der Waals surface area contributed by atoms with Gasteiger partial charge in [-0.3, -0.25) is 0 Å². The Hall–Kier alpha value is -3.93. The second kappa shape index (κ2) is 8.69. The summed E-state index contributed by atoms with van der Waals surface area (Å²) in [5.74, 6) is 0.106. The van der Waals surface area contributed by atoms with Crippen molar-refractivity contribution in [2.45, 2.75) is 51.2 Å². The van der Waals surface area contributed by atoms with Gasteiger partial charge in [0.1, 0.15) is 16.9 Å². The number of fused-ring (bicyclic) bond motifs is 1. The molecule has 0 spiro atoms. The standard InChI is InChI=1S/C29H29N3O3/c1-28(2,3)35-27(34)32-29(17-8-18-29)21-15-13-20(14-16-21)24-25(19-9-5-4-6-10-19)31-26-22(30-24)11-7-12-23(26)33/h4-7,9-16,33H,8,17-18H2,1-3H3,(H,32,34). The number of ether oxygens (including phenoxy) is 1. The van der Waals surface area contributed by atoms with Crippen LogP contribution >= 0.6 is 0 Å². The Morgan fingerprint density at radius 1 is 0.886 bits per heavy atom. The van der Waals surface area contributed by atoms with E-state index < -0.39 is 17.2 Å². The summed E-state index contributed by atoms with van der Waals surface area (Å²) in [4.78, 5) is 22.2. The average molecular weight is 468 g/mol. The number of carbonyl (C=O) groups is 1. The Bertz CT molecular complexity index is 1370. The van der Waals surface area contributed by atoms with Crippen LogP contribution in [0.1, 0.15) is 45.6 Å². The van der Waals surface area contributed by atoms with Crippen LogP contribution in [0.4, 0.5) is 4.79 Å². The second-order valence-corrected chi connectivity index (χ2v) is 10.1. The molecule has 1 amide bonds. The van der Waals surface area contributed by atoms with Crippen LogP contribution < -0.4 is 5.32 Å². The van der Waals surface area contributed by atoms with E-state index in [1.54, 1.807) is 12.1 Å². The molecule has 1 aliphatic rings. The van der Waals surface area contributed by atoms with Crippen molar-refractivity contribution >= 4 is 17.1 Å². The predicted octanol–water partition coefficient (Wildman–Crippen LogP) is 6.57. The van der Waals surface area contributed by atoms with Gasteiger partial charge >= 0.3 is 6.09 Å². The Morgan fingerprint density at radius 3 is 2.17 bits per heavy atom. The highest BCUT2D eigenvalue weighted by molar-refractivity contribution is 5.89. The zero-order valence-corrected chi connectivity index (χ0v) is 20.2. The minimum atomic E-state index is -0.546. The van der Waals surface area contributed by atoms with E-state index in [0.717, 1.165) is 41.6 Å². The molecule has 2 N–H and O–H groups in total. The lowest BCUT2D eigenvalue weighted by molar-refractivity contribution is 0.0377. The molecule has 0 bridgehead atoms. The fourth-order valence-electron chi connectivity index (χ4n) is 4.52. The van der Waals surface area contributed by atoms with Crippen molar-refractivity contribution in [3.63, 3.8) is 0 Å². The Balaban J connectivity index is 1.53. The minimum Gasteiger partial charge on any atom is -0.506 e. The van der Waals surface area contributed by atoms with Crippen LogP contribution in [-0.2, 0) is 10.3 Å². The van der Waals surface area contributed by atoms with Gasteiger partial charge in [-0.1, -0.05) is 60.7 Å². The van der Waals surface area contributed by atoms with Crippen molar-refractivity contribution in [3.8, 4) is 28.3 Å². The van der Waals surface area contributed by atoms with E-state index in [2.05, 4.69) is 17.4 Å². The minimum absolute atomic E-state index is 0.106. The molecule has 1 heterocycles. The number of benzene rings is 3. The van der Waals surface area contributed by atoms with Gasteiger partial charge in [0.15, 0.2) is 0 Å². The summed E-state index contributed by atoms with van der Waals surface area (Å²) < 4.78 is 5.51. The first-order valence-electron chi connectivity index (χ1n) is 11.9. The molecule has 0 aliphatic heterocycles. The largest absolute Gasteiger partial charge is 0.506 e. The van der Waals surface area contributed by atoms with E-state index in [1.165, 1.54) is 0 Å². The molecular weight excluding hydrogens is 438 g/mol. The van der Waals surface area contributed by atoms with Crippen molar-refractivity contribution in [3.05, 3.63) is 78.4 Å². The number of para-hydroxylation sites is 1. The number of phenols is 1. The molecule has 35 heavy (non-hydrogen) atoms. The first kappa shape index (κ1) is 22.8. The van der Waals surface area contributed by atoms with E-state index in [4.69, 9.17) is 14.7 Å². The number of rotatable bonds is 4. The zero-order chi connectivity index (χ0) is 24.6. The summed E-state index contributed by atoms with van der Waals surface area (Å²) in [5, 5.41) is 13.5. The molecule has 0 radical (unpaired) electrons. The summed E-state index contributed by atoms with van der Waals surface area (Å²) >= 11 is 0. The molecule has 178 valence electrons. The molecule has 0 unspecified atom stereocenters. The third-order valence-electron chi connectivity index (χ3n) is 6.38. The molecule has 1 fully saturated rings. The van der Waals surface area contributed by atoms with Crippen LogP contribution in [0.15, 0.2) is 72.8 Å².